The number of carbonyl (C=O) groups is 3. The molecular weight excluding hydrogens is 504 g/mol. The number of non-ortho nitro benzene ring substituents is 1. The number of benzene rings is 1. The van der Waals surface area contributed by atoms with Crippen molar-refractivity contribution in [2.45, 2.75) is 46.1 Å². The van der Waals surface area contributed by atoms with Crippen LogP contribution in [0.1, 0.15) is 48.0 Å². The Morgan fingerprint density at radius 3 is 2.64 bits per heavy atom. The molecule has 10 nitrogen and oxygen atoms in total. The van der Waals surface area contributed by atoms with E-state index in [4.69, 9.17) is 4.74 Å². The Balaban J connectivity index is 1.44. The molecule has 12 heteroatoms. The number of rotatable bonds is 8. The zero-order valence-electron chi connectivity index (χ0n) is 19.8. The van der Waals surface area contributed by atoms with Crippen molar-refractivity contribution in [2.75, 3.05) is 10.6 Å². The Kier molecular flexibility index (Phi) is 7.45. The highest BCUT2D eigenvalue weighted by Crippen LogP contribution is 2.40. The fourth-order valence-electron chi connectivity index (χ4n) is 3.69. The van der Waals surface area contributed by atoms with E-state index in [1.165, 1.54) is 30.4 Å². The molecule has 0 bridgehead atoms. The summed E-state index contributed by atoms with van der Waals surface area (Å²) in [5.74, 6) is -1.67. The minimum absolute atomic E-state index is 0.0597. The van der Waals surface area contributed by atoms with Crippen LogP contribution in [0.15, 0.2) is 29.6 Å². The van der Waals surface area contributed by atoms with Crippen LogP contribution < -0.4 is 10.6 Å². The van der Waals surface area contributed by atoms with Gasteiger partial charge in [-0.3, -0.25) is 25.0 Å². The molecule has 3 aromatic rings. The van der Waals surface area contributed by atoms with Crippen LogP contribution in [0.25, 0.3) is 11.3 Å². The number of hydrogen-bond donors (Lipinski definition) is 2. The maximum Gasteiger partial charge on any atom is 0.342 e. The van der Waals surface area contributed by atoms with E-state index < -0.39 is 22.9 Å². The normalized spacial score (nSPS) is 13.2. The number of nitro benzene ring substituents is 1. The van der Waals surface area contributed by atoms with Crippen LogP contribution in [-0.2, 0) is 27.2 Å². The lowest BCUT2D eigenvalue weighted by atomic mass is 10.1. The number of fused-ring (bicyclic) bond motifs is 1. The minimum Gasteiger partial charge on any atom is -0.449 e. The van der Waals surface area contributed by atoms with Gasteiger partial charge in [0.2, 0.25) is 5.91 Å². The van der Waals surface area contributed by atoms with Gasteiger partial charge in [0.15, 0.2) is 11.2 Å². The number of hydrogen-bond acceptors (Lipinski definition) is 9. The number of nitro groups is 1. The van der Waals surface area contributed by atoms with Crippen molar-refractivity contribution < 1.29 is 24.0 Å². The average molecular weight is 529 g/mol. The summed E-state index contributed by atoms with van der Waals surface area (Å²) in [6.45, 7) is 5.00. The van der Waals surface area contributed by atoms with E-state index in [2.05, 4.69) is 15.6 Å². The second kappa shape index (κ2) is 10.5. The van der Waals surface area contributed by atoms with Crippen LogP contribution in [-0.4, -0.2) is 33.8 Å². The summed E-state index contributed by atoms with van der Waals surface area (Å²) in [6, 6.07) is 6.04. The molecule has 2 amide bonds. The lowest BCUT2D eigenvalue weighted by molar-refractivity contribution is -0.384. The fourth-order valence-corrected chi connectivity index (χ4v) is 5.69. The molecule has 4 rings (SSSR count). The third-order valence-corrected chi connectivity index (χ3v) is 7.59. The Hall–Kier alpha value is -3.64. The molecule has 0 unspecified atom stereocenters. The number of thiazole rings is 1. The van der Waals surface area contributed by atoms with Gasteiger partial charge in [0, 0.05) is 33.9 Å². The lowest BCUT2D eigenvalue weighted by Gasteiger charge is -2.14. The van der Waals surface area contributed by atoms with Crippen LogP contribution in [0.4, 0.5) is 15.8 Å². The van der Waals surface area contributed by atoms with Gasteiger partial charge >= 0.3 is 5.97 Å². The highest BCUT2D eigenvalue weighted by Gasteiger charge is 2.31. The third kappa shape index (κ3) is 5.44. The van der Waals surface area contributed by atoms with Gasteiger partial charge < -0.3 is 10.1 Å². The maximum absolute atomic E-state index is 13.1. The third-order valence-electron chi connectivity index (χ3n) is 5.63. The van der Waals surface area contributed by atoms with E-state index in [1.807, 2.05) is 0 Å². The second-order valence-corrected chi connectivity index (χ2v) is 10.6. The number of nitrogens with one attached hydrogen (secondary N) is 2. The van der Waals surface area contributed by atoms with Gasteiger partial charge in [-0.15, -0.1) is 22.7 Å². The van der Waals surface area contributed by atoms with Crippen molar-refractivity contribution in [1.29, 1.82) is 0 Å². The Morgan fingerprint density at radius 2 is 1.92 bits per heavy atom. The van der Waals surface area contributed by atoms with Gasteiger partial charge in [-0.1, -0.05) is 26.0 Å². The van der Waals surface area contributed by atoms with Crippen LogP contribution >= 0.6 is 22.7 Å². The molecule has 2 heterocycles. The average Bonchev–Trinajstić information content (AvgIpc) is 3.55. The molecule has 0 saturated heterocycles. The molecule has 36 heavy (non-hydrogen) atoms. The predicted molar refractivity (Wildman–Crippen MR) is 138 cm³/mol. The molecule has 0 radical (unpaired) electrons. The molecular formula is C24H24N4O6S2. The summed E-state index contributed by atoms with van der Waals surface area (Å²) in [4.78, 5) is 53.9. The van der Waals surface area contributed by atoms with E-state index in [-0.39, 0.29) is 22.6 Å². The zero-order valence-corrected chi connectivity index (χ0v) is 21.5. The van der Waals surface area contributed by atoms with Crippen molar-refractivity contribution >= 4 is 56.3 Å². The highest BCUT2D eigenvalue weighted by atomic mass is 32.1. The first kappa shape index (κ1) is 25.5. The molecule has 1 aliphatic rings. The number of amides is 2. The Bertz CT molecular complexity index is 1350. The van der Waals surface area contributed by atoms with Gasteiger partial charge in [-0.25, -0.2) is 9.78 Å². The summed E-state index contributed by atoms with van der Waals surface area (Å²) < 4.78 is 5.48. The first-order valence-corrected chi connectivity index (χ1v) is 13.0. The summed E-state index contributed by atoms with van der Waals surface area (Å²) in [6.07, 6.45) is 1.36. The van der Waals surface area contributed by atoms with Crippen molar-refractivity contribution in [3.8, 4) is 11.3 Å². The second-order valence-electron chi connectivity index (χ2n) is 8.59. The highest BCUT2D eigenvalue weighted by molar-refractivity contribution is 7.17. The Labute approximate surface area is 214 Å². The van der Waals surface area contributed by atoms with Crippen molar-refractivity contribution in [3.05, 3.63) is 55.8 Å². The standard InChI is InChI=1S/C24H24N4O6S2/c1-12(2)20(29)26-22-19(16-8-5-9-18(16)36-22)23(31)34-13(3)21(30)27-24-25-17(11-35-24)14-6-4-7-15(10-14)28(32)33/h4,6-7,10-13H,5,8-9H2,1-3H3,(H,26,29)(H,25,27,30)/t13-/m1/s1. The molecule has 1 aliphatic carbocycles. The Morgan fingerprint density at radius 1 is 1.14 bits per heavy atom. The number of aryl methyl sites for hydroxylation is 1. The SMILES string of the molecule is CC(C)C(=O)Nc1sc2c(c1C(=O)O[C@H](C)C(=O)Nc1nc(-c3cccc([N+](=O)[O-])c3)cs1)CCC2. The molecule has 1 atom stereocenters. The smallest absolute Gasteiger partial charge is 0.342 e. The maximum atomic E-state index is 13.1. The molecule has 0 spiro atoms. The first-order chi connectivity index (χ1) is 17.1. The zero-order chi connectivity index (χ0) is 26.0. The number of aromatic nitrogens is 1. The number of esters is 1. The van der Waals surface area contributed by atoms with Gasteiger partial charge in [0.1, 0.15) is 5.00 Å². The molecule has 0 aliphatic heterocycles. The molecule has 2 N–H and O–H groups in total. The van der Waals surface area contributed by atoms with Gasteiger partial charge in [-0.05, 0) is 31.7 Å². The van der Waals surface area contributed by atoms with Gasteiger partial charge in [0.25, 0.3) is 11.6 Å². The monoisotopic (exact) mass is 528 g/mol. The van der Waals surface area contributed by atoms with Crippen molar-refractivity contribution in [1.82, 2.24) is 4.98 Å². The van der Waals surface area contributed by atoms with E-state index >= 15 is 0 Å². The van der Waals surface area contributed by atoms with Gasteiger partial charge in [0.05, 0.1) is 16.2 Å². The topological polar surface area (TPSA) is 141 Å². The van der Waals surface area contributed by atoms with Crippen LogP contribution in [0.5, 0.6) is 0 Å². The number of thiophene rings is 1. The van der Waals surface area contributed by atoms with Crippen LogP contribution in [0.3, 0.4) is 0 Å². The van der Waals surface area contributed by atoms with Crippen LogP contribution in [0, 0.1) is 16.0 Å². The van der Waals surface area contributed by atoms with E-state index in [1.54, 1.807) is 31.4 Å². The van der Waals surface area contributed by atoms with Crippen molar-refractivity contribution in [3.63, 3.8) is 0 Å². The van der Waals surface area contributed by atoms with Crippen LogP contribution in [0.2, 0.25) is 0 Å². The lowest BCUT2D eigenvalue weighted by Crippen LogP contribution is -2.30. The van der Waals surface area contributed by atoms with E-state index in [0.717, 1.165) is 34.6 Å². The molecule has 0 fully saturated rings. The number of carbonyl (C=O) groups excluding carboxylic acids is 3. The molecule has 188 valence electrons. The largest absolute Gasteiger partial charge is 0.449 e. The quantitative estimate of drug-likeness (QED) is 0.237. The number of anilines is 2. The molecule has 2 aromatic heterocycles. The van der Waals surface area contributed by atoms with E-state index in [9.17, 15) is 24.5 Å². The minimum atomic E-state index is -1.12. The van der Waals surface area contributed by atoms with Crippen molar-refractivity contribution in [2.24, 2.45) is 5.92 Å². The summed E-state index contributed by atoms with van der Waals surface area (Å²) in [7, 11) is 0. The molecule has 0 saturated carbocycles. The summed E-state index contributed by atoms with van der Waals surface area (Å²) in [5, 5.41) is 18.9. The van der Waals surface area contributed by atoms with E-state index in [0.29, 0.717) is 28.2 Å². The number of nitrogens with zero attached hydrogens (tertiary/aromatic N) is 2. The predicted octanol–water partition coefficient (Wildman–Crippen LogP) is 5.05. The fraction of sp³-hybridized carbons (Fsp3) is 0.333. The van der Waals surface area contributed by atoms with Gasteiger partial charge in [-0.2, -0.15) is 0 Å². The number of ether oxygens (including phenoxy) is 1. The molecule has 1 aromatic carbocycles. The first-order valence-electron chi connectivity index (χ1n) is 11.3. The summed E-state index contributed by atoms with van der Waals surface area (Å²) >= 11 is 2.53. The summed E-state index contributed by atoms with van der Waals surface area (Å²) in [5.41, 5.74) is 2.16.